The summed E-state index contributed by atoms with van der Waals surface area (Å²) >= 11 is 0. The van der Waals surface area contributed by atoms with Gasteiger partial charge < -0.3 is 19.2 Å². The van der Waals surface area contributed by atoms with Crippen molar-refractivity contribution >= 4 is 23.9 Å². The van der Waals surface area contributed by atoms with Crippen LogP contribution in [0.4, 0.5) is 0 Å². The van der Waals surface area contributed by atoms with Gasteiger partial charge in [0.05, 0.1) is 19.9 Å². The van der Waals surface area contributed by atoms with Crippen LogP contribution in [-0.4, -0.2) is 36.8 Å². The fraction of sp³-hybridized carbons (Fsp3) is 0.292. The Labute approximate surface area is 188 Å². The quantitative estimate of drug-likeness (QED) is 0.403. The molecule has 8 nitrogen and oxygen atoms in total. The average molecular weight is 440 g/mol. The minimum atomic E-state index is -0.555. The predicted molar refractivity (Wildman–Crippen MR) is 123 cm³/mol. The maximum Gasteiger partial charge on any atom is 0.325 e. The van der Waals surface area contributed by atoms with E-state index >= 15 is 0 Å². The molecule has 1 aliphatic heterocycles. The minimum Gasteiger partial charge on any atom is -0.483 e. The SMILES string of the molecule is C#C.C/C=N\N1Cc2ccoc2C(OCc2ccccc2)=C1C(=O)NCC(=O)OC.CC. The maximum atomic E-state index is 12.8. The maximum absolute atomic E-state index is 12.8. The lowest BCUT2D eigenvalue weighted by molar-refractivity contribution is -0.140. The van der Waals surface area contributed by atoms with Crippen LogP contribution in [-0.2, 0) is 32.2 Å². The first-order chi connectivity index (χ1) is 15.6. The number of ether oxygens (including phenoxy) is 2. The Morgan fingerprint density at radius 3 is 2.53 bits per heavy atom. The standard InChI is InChI=1S/C20H21N3O5.C2H6.C2H2/c1-3-22-23-12-15-9-10-27-18(15)19(28-13-14-7-5-4-6-8-14)17(23)20(25)21-11-16(24)26-2;2*1-2/h3-10H,11-13H2,1-2H3,(H,21,25);1-2H3;1-2H/b22-3-;;. The van der Waals surface area contributed by atoms with E-state index in [0.29, 0.717) is 12.3 Å². The van der Waals surface area contributed by atoms with Crippen molar-refractivity contribution in [2.75, 3.05) is 13.7 Å². The molecule has 0 saturated carbocycles. The van der Waals surface area contributed by atoms with Gasteiger partial charge in [0.25, 0.3) is 5.91 Å². The number of methoxy groups -OCH3 is 1. The molecule has 32 heavy (non-hydrogen) atoms. The lowest BCUT2D eigenvalue weighted by Gasteiger charge is -2.28. The Morgan fingerprint density at radius 2 is 1.91 bits per heavy atom. The summed E-state index contributed by atoms with van der Waals surface area (Å²) in [6, 6.07) is 11.4. The van der Waals surface area contributed by atoms with E-state index < -0.39 is 11.9 Å². The van der Waals surface area contributed by atoms with Crippen molar-refractivity contribution in [3.8, 4) is 12.8 Å². The van der Waals surface area contributed by atoms with Crippen molar-refractivity contribution in [2.24, 2.45) is 5.10 Å². The summed E-state index contributed by atoms with van der Waals surface area (Å²) in [7, 11) is 1.26. The molecular formula is C24H29N3O5. The number of nitrogens with zero attached hydrogens (tertiary/aromatic N) is 2. The number of hydrogen-bond donors (Lipinski definition) is 1. The lowest BCUT2D eigenvalue weighted by atomic mass is 10.1. The summed E-state index contributed by atoms with van der Waals surface area (Å²) in [5.41, 5.74) is 1.95. The van der Waals surface area contributed by atoms with Gasteiger partial charge in [-0.15, -0.1) is 12.8 Å². The summed E-state index contributed by atoms with van der Waals surface area (Å²) in [5.74, 6) is -0.327. The third-order valence-electron chi connectivity index (χ3n) is 4.06. The Hall–Kier alpha value is -3.99. The van der Waals surface area contributed by atoms with E-state index in [4.69, 9.17) is 9.15 Å². The van der Waals surface area contributed by atoms with E-state index in [2.05, 4.69) is 28.0 Å². The number of hydrazone groups is 1. The van der Waals surface area contributed by atoms with Crippen LogP contribution in [0.15, 0.2) is 57.9 Å². The largest absolute Gasteiger partial charge is 0.483 e. The van der Waals surface area contributed by atoms with Gasteiger partial charge in [0.15, 0.2) is 17.2 Å². The van der Waals surface area contributed by atoms with Crippen molar-refractivity contribution in [1.82, 2.24) is 10.3 Å². The molecule has 1 amide bonds. The molecule has 0 fully saturated rings. The van der Waals surface area contributed by atoms with Gasteiger partial charge in [-0.2, -0.15) is 5.10 Å². The zero-order valence-electron chi connectivity index (χ0n) is 18.8. The number of furan rings is 1. The molecule has 0 atom stereocenters. The third kappa shape index (κ3) is 6.77. The van der Waals surface area contributed by atoms with Gasteiger partial charge in [0.1, 0.15) is 13.2 Å². The monoisotopic (exact) mass is 439 g/mol. The van der Waals surface area contributed by atoms with Crippen LogP contribution in [0.5, 0.6) is 0 Å². The number of hydrogen-bond acceptors (Lipinski definition) is 7. The van der Waals surface area contributed by atoms with Gasteiger partial charge in [-0.05, 0) is 18.6 Å². The number of nitrogens with one attached hydrogen (secondary N) is 1. The second kappa shape index (κ2) is 14.1. The first-order valence-electron chi connectivity index (χ1n) is 10.1. The summed E-state index contributed by atoms with van der Waals surface area (Å²) in [6.07, 6.45) is 11.1. The summed E-state index contributed by atoms with van der Waals surface area (Å²) in [5, 5.41) is 8.32. The second-order valence-corrected chi connectivity index (χ2v) is 5.92. The number of rotatable bonds is 7. The Bertz CT molecular complexity index is 945. The van der Waals surface area contributed by atoms with Crippen molar-refractivity contribution in [2.45, 2.75) is 33.9 Å². The molecule has 170 valence electrons. The molecule has 1 N–H and O–H groups in total. The molecule has 0 unspecified atom stereocenters. The zero-order chi connectivity index (χ0) is 23.9. The van der Waals surface area contributed by atoms with Gasteiger partial charge in [-0.1, -0.05) is 44.2 Å². The number of esters is 1. The number of benzene rings is 1. The summed E-state index contributed by atoms with van der Waals surface area (Å²) in [4.78, 5) is 24.3. The fourth-order valence-corrected chi connectivity index (χ4v) is 2.75. The zero-order valence-corrected chi connectivity index (χ0v) is 18.8. The highest BCUT2D eigenvalue weighted by atomic mass is 16.5. The topological polar surface area (TPSA) is 93.4 Å². The highest BCUT2D eigenvalue weighted by Gasteiger charge is 2.33. The summed E-state index contributed by atoms with van der Waals surface area (Å²) < 4.78 is 16.1. The van der Waals surface area contributed by atoms with Gasteiger partial charge in [-0.3, -0.25) is 14.6 Å². The van der Waals surface area contributed by atoms with E-state index in [1.165, 1.54) is 12.1 Å². The number of carbonyl (C=O) groups is 2. The molecule has 0 bridgehead atoms. The highest BCUT2D eigenvalue weighted by Crippen LogP contribution is 2.34. The van der Waals surface area contributed by atoms with Crippen molar-refractivity contribution in [3.05, 3.63) is 65.2 Å². The van der Waals surface area contributed by atoms with E-state index in [1.807, 2.05) is 50.2 Å². The van der Waals surface area contributed by atoms with Crippen LogP contribution in [0, 0.1) is 12.8 Å². The predicted octanol–water partition coefficient (Wildman–Crippen LogP) is 3.55. The van der Waals surface area contributed by atoms with Crippen LogP contribution in [0.25, 0.3) is 5.76 Å². The normalized spacial score (nSPS) is 12.0. The molecular weight excluding hydrogens is 410 g/mol. The molecule has 1 aliphatic rings. The molecule has 0 spiro atoms. The van der Waals surface area contributed by atoms with E-state index in [0.717, 1.165) is 11.1 Å². The van der Waals surface area contributed by atoms with Crippen molar-refractivity contribution in [1.29, 1.82) is 0 Å². The summed E-state index contributed by atoms with van der Waals surface area (Å²) in [6.45, 7) is 6.07. The van der Waals surface area contributed by atoms with Crippen LogP contribution in [0.2, 0.25) is 0 Å². The highest BCUT2D eigenvalue weighted by molar-refractivity contribution is 6.01. The fourth-order valence-electron chi connectivity index (χ4n) is 2.75. The second-order valence-electron chi connectivity index (χ2n) is 5.92. The molecule has 0 saturated heterocycles. The van der Waals surface area contributed by atoms with Crippen molar-refractivity contribution < 1.29 is 23.5 Å². The minimum absolute atomic E-state index is 0.167. The first-order valence-corrected chi connectivity index (χ1v) is 10.1. The van der Waals surface area contributed by atoms with E-state index in [9.17, 15) is 9.59 Å². The molecule has 2 aromatic rings. The molecule has 0 radical (unpaired) electrons. The van der Waals surface area contributed by atoms with Crippen LogP contribution < -0.4 is 5.32 Å². The first kappa shape index (κ1) is 26.0. The third-order valence-corrected chi connectivity index (χ3v) is 4.06. The number of amides is 1. The smallest absolute Gasteiger partial charge is 0.325 e. The Morgan fingerprint density at radius 1 is 1.22 bits per heavy atom. The Kier molecular flexibility index (Phi) is 11.5. The van der Waals surface area contributed by atoms with Crippen molar-refractivity contribution in [3.63, 3.8) is 0 Å². The van der Waals surface area contributed by atoms with Crippen LogP contribution in [0.1, 0.15) is 37.7 Å². The van der Waals surface area contributed by atoms with Crippen LogP contribution in [0.3, 0.4) is 0 Å². The molecule has 1 aromatic heterocycles. The Balaban J connectivity index is 0.00000121. The average Bonchev–Trinajstić information content (AvgIpc) is 3.32. The lowest BCUT2D eigenvalue weighted by Crippen LogP contribution is -2.38. The van der Waals surface area contributed by atoms with Gasteiger partial charge in [0.2, 0.25) is 0 Å². The van der Waals surface area contributed by atoms with Gasteiger partial charge in [-0.25, -0.2) is 0 Å². The van der Waals surface area contributed by atoms with Gasteiger partial charge in [0, 0.05) is 11.8 Å². The number of fused-ring (bicyclic) bond motifs is 1. The molecule has 3 rings (SSSR count). The molecule has 2 heterocycles. The number of terminal acetylenes is 1. The van der Waals surface area contributed by atoms with E-state index in [1.54, 1.807) is 19.4 Å². The molecule has 1 aromatic carbocycles. The number of carbonyl (C=O) groups excluding carboxylic acids is 2. The molecule has 8 heteroatoms. The van der Waals surface area contributed by atoms with E-state index in [-0.39, 0.29) is 24.6 Å². The molecule has 0 aliphatic carbocycles. The van der Waals surface area contributed by atoms with Gasteiger partial charge >= 0.3 is 5.97 Å². The van der Waals surface area contributed by atoms with Crippen LogP contribution >= 0.6 is 0 Å².